The van der Waals surface area contributed by atoms with Crippen molar-refractivity contribution < 1.29 is 0 Å². The van der Waals surface area contributed by atoms with E-state index in [4.69, 9.17) is 0 Å². The number of halogens is 1. The zero-order chi connectivity index (χ0) is 9.52. The van der Waals surface area contributed by atoms with Gasteiger partial charge in [-0.15, -0.1) is 0 Å². The van der Waals surface area contributed by atoms with Crippen LogP contribution in [0, 0.1) is 0 Å². The summed E-state index contributed by atoms with van der Waals surface area (Å²) in [5, 5.41) is 2.25. The van der Waals surface area contributed by atoms with Crippen molar-refractivity contribution in [1.82, 2.24) is 9.55 Å². The minimum atomic E-state index is 1.12. The average molecular weight is 263 g/mol. The van der Waals surface area contributed by atoms with Gasteiger partial charge in [0.25, 0.3) is 0 Å². The summed E-state index contributed by atoms with van der Waals surface area (Å²) in [7, 11) is 2.04. The molecular weight excluding hydrogens is 248 g/mol. The molecule has 0 aliphatic rings. The molecule has 74 valence electrons. The van der Waals surface area contributed by atoms with Crippen LogP contribution in [-0.2, 0) is 7.05 Å². The van der Waals surface area contributed by atoms with Gasteiger partial charge >= 0.3 is 0 Å². The van der Waals surface area contributed by atoms with Gasteiger partial charge in [0.2, 0.25) is 0 Å². The maximum Gasteiger partial charge on any atom is 0.167 e. The lowest BCUT2D eigenvalue weighted by Gasteiger charge is -2.00. The lowest BCUT2D eigenvalue weighted by atomic mass is 10.3. The van der Waals surface area contributed by atoms with E-state index in [-0.39, 0.29) is 0 Å². The molecule has 0 unspecified atom stereocenters. The molecule has 13 heavy (non-hydrogen) atoms. The molecule has 1 heterocycles. The van der Waals surface area contributed by atoms with Crippen LogP contribution in [-0.4, -0.2) is 20.6 Å². The fraction of sp³-hybridized carbons (Fsp3) is 0.667. The lowest BCUT2D eigenvalue weighted by molar-refractivity contribution is 0.772. The van der Waals surface area contributed by atoms with Crippen LogP contribution in [0.3, 0.4) is 0 Å². The van der Waals surface area contributed by atoms with E-state index in [2.05, 4.69) is 25.5 Å². The summed E-state index contributed by atoms with van der Waals surface area (Å²) in [6.45, 7) is 0. The molecule has 0 bridgehead atoms. The molecule has 0 radical (unpaired) electrons. The molecule has 0 saturated carbocycles. The van der Waals surface area contributed by atoms with Crippen molar-refractivity contribution in [3.05, 3.63) is 12.4 Å². The Labute approximate surface area is 92.3 Å². The van der Waals surface area contributed by atoms with Crippen molar-refractivity contribution in [2.45, 2.75) is 24.4 Å². The molecule has 0 amide bonds. The van der Waals surface area contributed by atoms with Crippen molar-refractivity contribution in [3.8, 4) is 0 Å². The maximum absolute atomic E-state index is 4.25. The number of aromatic nitrogens is 2. The van der Waals surface area contributed by atoms with E-state index in [1.165, 1.54) is 25.0 Å². The van der Waals surface area contributed by atoms with Gasteiger partial charge in [0.1, 0.15) is 0 Å². The monoisotopic (exact) mass is 262 g/mol. The van der Waals surface area contributed by atoms with Gasteiger partial charge in [-0.25, -0.2) is 4.98 Å². The first kappa shape index (κ1) is 11.1. The molecular formula is C9H15BrN2S. The first-order valence-electron chi connectivity index (χ1n) is 4.50. The van der Waals surface area contributed by atoms with E-state index < -0.39 is 0 Å². The smallest absolute Gasteiger partial charge is 0.167 e. The molecule has 0 fully saturated rings. The second-order valence-electron chi connectivity index (χ2n) is 2.92. The van der Waals surface area contributed by atoms with Gasteiger partial charge in [0.15, 0.2) is 5.16 Å². The van der Waals surface area contributed by atoms with Crippen molar-refractivity contribution in [3.63, 3.8) is 0 Å². The van der Waals surface area contributed by atoms with Crippen LogP contribution in [0.15, 0.2) is 17.6 Å². The van der Waals surface area contributed by atoms with E-state index in [0.717, 1.165) is 10.5 Å². The number of hydrogen-bond donors (Lipinski definition) is 0. The Morgan fingerprint density at radius 2 is 2.31 bits per heavy atom. The molecule has 0 spiro atoms. The maximum atomic E-state index is 4.25. The molecule has 0 aliphatic carbocycles. The fourth-order valence-corrected chi connectivity index (χ4v) is 2.36. The van der Waals surface area contributed by atoms with Crippen LogP contribution < -0.4 is 0 Å². The highest BCUT2D eigenvalue weighted by atomic mass is 79.9. The van der Waals surface area contributed by atoms with Gasteiger partial charge in [-0.05, 0) is 12.8 Å². The van der Waals surface area contributed by atoms with Crippen LogP contribution in [0.1, 0.15) is 19.3 Å². The summed E-state index contributed by atoms with van der Waals surface area (Å²) in [6.07, 6.45) is 7.70. The molecule has 1 aromatic rings. The Morgan fingerprint density at radius 3 is 2.92 bits per heavy atom. The Morgan fingerprint density at radius 1 is 1.46 bits per heavy atom. The number of nitrogens with zero attached hydrogens (tertiary/aromatic N) is 2. The third-order valence-corrected chi connectivity index (χ3v) is 3.49. The third-order valence-electron chi connectivity index (χ3n) is 1.79. The number of unbranched alkanes of at least 4 members (excludes halogenated alkanes) is 2. The molecule has 2 nitrogen and oxygen atoms in total. The highest BCUT2D eigenvalue weighted by molar-refractivity contribution is 9.09. The zero-order valence-electron chi connectivity index (χ0n) is 7.87. The summed E-state index contributed by atoms with van der Waals surface area (Å²) in [6, 6.07) is 0. The summed E-state index contributed by atoms with van der Waals surface area (Å²) in [5.74, 6) is 1.18. The topological polar surface area (TPSA) is 17.8 Å². The molecule has 4 heteroatoms. The summed E-state index contributed by atoms with van der Waals surface area (Å²) in [4.78, 5) is 4.25. The summed E-state index contributed by atoms with van der Waals surface area (Å²) < 4.78 is 2.06. The van der Waals surface area contributed by atoms with E-state index in [0.29, 0.717) is 0 Å². The van der Waals surface area contributed by atoms with E-state index in [9.17, 15) is 0 Å². The molecule has 1 rings (SSSR count). The minimum Gasteiger partial charge on any atom is -0.329 e. The molecule has 0 aromatic carbocycles. The van der Waals surface area contributed by atoms with Crippen molar-refractivity contribution in [2.24, 2.45) is 7.05 Å². The average Bonchev–Trinajstić information content (AvgIpc) is 2.52. The molecule has 0 saturated heterocycles. The first-order chi connectivity index (χ1) is 6.34. The SMILES string of the molecule is Cn1ccnc1SCCCCCBr. The largest absolute Gasteiger partial charge is 0.329 e. The lowest BCUT2D eigenvalue weighted by Crippen LogP contribution is -1.90. The van der Waals surface area contributed by atoms with Crippen molar-refractivity contribution >= 4 is 27.7 Å². The van der Waals surface area contributed by atoms with E-state index >= 15 is 0 Å². The fourth-order valence-electron chi connectivity index (χ4n) is 1.03. The van der Waals surface area contributed by atoms with Gasteiger partial charge in [-0.1, -0.05) is 34.1 Å². The second-order valence-corrected chi connectivity index (χ2v) is 4.77. The van der Waals surface area contributed by atoms with Crippen LogP contribution in [0.2, 0.25) is 0 Å². The molecule has 0 atom stereocenters. The van der Waals surface area contributed by atoms with Crippen LogP contribution >= 0.6 is 27.7 Å². The normalized spacial score (nSPS) is 10.6. The molecule has 1 aromatic heterocycles. The quantitative estimate of drug-likeness (QED) is 0.446. The van der Waals surface area contributed by atoms with Gasteiger partial charge in [0, 0.05) is 30.5 Å². The number of alkyl halides is 1. The third kappa shape index (κ3) is 4.18. The Balaban J connectivity index is 2.10. The van der Waals surface area contributed by atoms with Gasteiger partial charge in [-0.3, -0.25) is 0 Å². The molecule has 0 N–H and O–H groups in total. The number of thioether (sulfide) groups is 1. The highest BCUT2D eigenvalue weighted by Gasteiger charge is 1.98. The number of aryl methyl sites for hydroxylation is 1. The van der Waals surface area contributed by atoms with Crippen molar-refractivity contribution in [2.75, 3.05) is 11.1 Å². The van der Waals surface area contributed by atoms with E-state index in [1.807, 2.05) is 31.2 Å². The Bertz CT molecular complexity index is 237. The van der Waals surface area contributed by atoms with Crippen molar-refractivity contribution in [1.29, 1.82) is 0 Å². The summed E-state index contributed by atoms with van der Waals surface area (Å²) >= 11 is 5.27. The Hall–Kier alpha value is 0.0400. The molecule has 0 aliphatic heterocycles. The Kier molecular flexibility index (Phi) is 5.55. The zero-order valence-corrected chi connectivity index (χ0v) is 10.3. The number of hydrogen-bond acceptors (Lipinski definition) is 2. The minimum absolute atomic E-state index is 1.12. The first-order valence-corrected chi connectivity index (χ1v) is 6.61. The number of imidazole rings is 1. The predicted octanol–water partition coefficient (Wildman–Crippen LogP) is 3.08. The van der Waals surface area contributed by atoms with Crippen LogP contribution in [0.25, 0.3) is 0 Å². The summed E-state index contributed by atoms with van der Waals surface area (Å²) in [5.41, 5.74) is 0. The predicted molar refractivity (Wildman–Crippen MR) is 61.6 cm³/mol. The van der Waals surface area contributed by atoms with Crippen LogP contribution in [0.5, 0.6) is 0 Å². The second kappa shape index (κ2) is 6.49. The van der Waals surface area contributed by atoms with Gasteiger partial charge in [0.05, 0.1) is 0 Å². The standard InChI is InChI=1S/C9H15BrN2S/c1-12-7-6-11-9(12)13-8-4-2-3-5-10/h6-7H,2-5,8H2,1H3. The number of rotatable bonds is 6. The van der Waals surface area contributed by atoms with Gasteiger partial charge in [-0.2, -0.15) is 0 Å². The van der Waals surface area contributed by atoms with Gasteiger partial charge < -0.3 is 4.57 Å². The van der Waals surface area contributed by atoms with E-state index in [1.54, 1.807) is 0 Å². The highest BCUT2D eigenvalue weighted by Crippen LogP contribution is 2.16. The van der Waals surface area contributed by atoms with Crippen LogP contribution in [0.4, 0.5) is 0 Å².